The third-order valence-electron chi connectivity index (χ3n) is 2.63. The van der Waals surface area contributed by atoms with Crippen LogP contribution in [-0.2, 0) is 0 Å². The zero-order chi connectivity index (χ0) is 13.4. The van der Waals surface area contributed by atoms with E-state index in [1.807, 2.05) is 13.0 Å². The molecule has 7 nitrogen and oxygen atoms in total. The fourth-order valence-electron chi connectivity index (χ4n) is 1.68. The lowest BCUT2D eigenvalue weighted by molar-refractivity contribution is 0.453. The van der Waals surface area contributed by atoms with Gasteiger partial charge in [-0.1, -0.05) is 6.07 Å². The number of aromatic amines is 1. The summed E-state index contributed by atoms with van der Waals surface area (Å²) in [4.78, 5) is 11.4. The molecule has 0 saturated heterocycles. The first-order chi connectivity index (χ1) is 9.13. The van der Waals surface area contributed by atoms with Gasteiger partial charge in [-0.25, -0.2) is 9.89 Å². The molecule has 0 aliphatic carbocycles. The fraction of sp³-hybridized carbons (Fsp3) is 0.0833. The van der Waals surface area contributed by atoms with E-state index in [2.05, 4.69) is 15.3 Å². The molecule has 0 saturated carbocycles. The summed E-state index contributed by atoms with van der Waals surface area (Å²) in [7, 11) is 0. The zero-order valence-electron chi connectivity index (χ0n) is 10.1. The Bertz CT molecular complexity index is 805. The predicted octanol–water partition coefficient (Wildman–Crippen LogP) is 1.10. The van der Waals surface area contributed by atoms with Gasteiger partial charge in [0.05, 0.1) is 5.69 Å². The second-order valence-electron chi connectivity index (χ2n) is 4.11. The SMILES string of the molecule is Cc1ccc(N)c(Oc2ccc3n[nH]c(=O)n3n2)c1. The van der Waals surface area contributed by atoms with Crippen LogP contribution in [0.15, 0.2) is 35.1 Å². The minimum absolute atomic E-state index is 0.272. The molecule has 3 aromatic rings. The Labute approximate surface area is 107 Å². The Balaban J connectivity index is 2.03. The number of benzene rings is 1. The highest BCUT2D eigenvalue weighted by molar-refractivity contribution is 5.55. The number of nitrogen functional groups attached to an aromatic ring is 1. The lowest BCUT2D eigenvalue weighted by Gasteiger charge is -2.08. The number of hydrogen-bond donors (Lipinski definition) is 2. The van der Waals surface area contributed by atoms with Crippen molar-refractivity contribution in [2.75, 3.05) is 5.73 Å². The number of hydrogen-bond acceptors (Lipinski definition) is 5. The first kappa shape index (κ1) is 11.3. The zero-order valence-corrected chi connectivity index (χ0v) is 10.1. The number of nitrogens with zero attached hydrogens (tertiary/aromatic N) is 3. The first-order valence-electron chi connectivity index (χ1n) is 5.62. The van der Waals surface area contributed by atoms with Gasteiger partial charge in [0.2, 0.25) is 5.88 Å². The van der Waals surface area contributed by atoms with Crippen LogP contribution in [0.1, 0.15) is 5.56 Å². The minimum Gasteiger partial charge on any atom is -0.435 e. The van der Waals surface area contributed by atoms with Gasteiger partial charge in [-0.15, -0.1) is 5.10 Å². The number of H-pyrrole nitrogens is 1. The van der Waals surface area contributed by atoms with Crippen LogP contribution in [0.25, 0.3) is 5.65 Å². The van der Waals surface area contributed by atoms with Gasteiger partial charge in [0.25, 0.3) is 0 Å². The molecular formula is C12H11N5O2. The summed E-state index contributed by atoms with van der Waals surface area (Å²) in [6.07, 6.45) is 0. The fourth-order valence-corrected chi connectivity index (χ4v) is 1.68. The third-order valence-corrected chi connectivity index (χ3v) is 2.63. The third kappa shape index (κ3) is 2.01. The summed E-state index contributed by atoms with van der Waals surface area (Å²) in [5, 5.41) is 10.1. The van der Waals surface area contributed by atoms with Gasteiger partial charge in [0.1, 0.15) is 0 Å². The number of nitrogens with two attached hydrogens (primary N) is 1. The van der Waals surface area contributed by atoms with Gasteiger partial charge in [-0.3, -0.25) is 0 Å². The normalized spacial score (nSPS) is 10.8. The van der Waals surface area contributed by atoms with E-state index in [9.17, 15) is 4.79 Å². The molecule has 0 aliphatic heterocycles. The Kier molecular flexibility index (Phi) is 2.45. The lowest BCUT2D eigenvalue weighted by atomic mass is 10.2. The molecule has 0 radical (unpaired) electrons. The van der Waals surface area contributed by atoms with Gasteiger partial charge in [0, 0.05) is 6.07 Å². The smallest absolute Gasteiger partial charge is 0.364 e. The van der Waals surface area contributed by atoms with E-state index in [1.165, 1.54) is 0 Å². The predicted molar refractivity (Wildman–Crippen MR) is 69.3 cm³/mol. The van der Waals surface area contributed by atoms with Crippen molar-refractivity contribution >= 4 is 11.3 Å². The average Bonchev–Trinajstić information content (AvgIpc) is 2.76. The largest absolute Gasteiger partial charge is 0.435 e. The van der Waals surface area contributed by atoms with E-state index in [1.54, 1.807) is 24.3 Å². The van der Waals surface area contributed by atoms with Crippen LogP contribution in [-0.4, -0.2) is 19.8 Å². The van der Waals surface area contributed by atoms with Crippen LogP contribution in [0.5, 0.6) is 11.6 Å². The topological polar surface area (TPSA) is 98.3 Å². The molecule has 3 N–H and O–H groups in total. The van der Waals surface area contributed by atoms with E-state index in [0.717, 1.165) is 10.1 Å². The second kappa shape index (κ2) is 4.13. The number of fused-ring (bicyclic) bond motifs is 1. The molecule has 0 atom stereocenters. The van der Waals surface area contributed by atoms with Crippen LogP contribution in [0.3, 0.4) is 0 Å². The molecule has 0 unspecified atom stereocenters. The summed E-state index contributed by atoms with van der Waals surface area (Å²) in [5.74, 6) is 0.775. The van der Waals surface area contributed by atoms with Crippen molar-refractivity contribution in [1.82, 2.24) is 19.8 Å². The number of ether oxygens (including phenoxy) is 1. The van der Waals surface area contributed by atoms with E-state index in [0.29, 0.717) is 17.1 Å². The van der Waals surface area contributed by atoms with Crippen molar-refractivity contribution in [2.45, 2.75) is 6.92 Å². The van der Waals surface area contributed by atoms with E-state index >= 15 is 0 Å². The highest BCUT2D eigenvalue weighted by Crippen LogP contribution is 2.26. The molecule has 0 fully saturated rings. The number of aryl methyl sites for hydroxylation is 1. The first-order valence-corrected chi connectivity index (χ1v) is 5.62. The van der Waals surface area contributed by atoms with E-state index in [-0.39, 0.29) is 5.88 Å². The van der Waals surface area contributed by atoms with E-state index < -0.39 is 5.69 Å². The van der Waals surface area contributed by atoms with Gasteiger partial charge < -0.3 is 10.5 Å². The molecule has 19 heavy (non-hydrogen) atoms. The molecule has 2 aromatic heterocycles. The van der Waals surface area contributed by atoms with Crippen molar-refractivity contribution in [3.63, 3.8) is 0 Å². The average molecular weight is 257 g/mol. The molecule has 0 aliphatic rings. The van der Waals surface area contributed by atoms with Crippen molar-refractivity contribution < 1.29 is 4.74 Å². The van der Waals surface area contributed by atoms with E-state index in [4.69, 9.17) is 10.5 Å². The number of nitrogens with one attached hydrogen (secondary N) is 1. The Morgan fingerprint density at radius 2 is 2.16 bits per heavy atom. The van der Waals surface area contributed by atoms with Crippen LogP contribution in [0.4, 0.5) is 5.69 Å². The molecule has 1 aromatic carbocycles. The number of anilines is 1. The summed E-state index contributed by atoms with van der Waals surface area (Å²) in [5.41, 5.74) is 7.35. The molecule has 7 heteroatoms. The Morgan fingerprint density at radius 3 is 3.00 bits per heavy atom. The van der Waals surface area contributed by atoms with Gasteiger partial charge in [-0.05, 0) is 30.7 Å². The molecular weight excluding hydrogens is 246 g/mol. The maximum atomic E-state index is 11.4. The standard InChI is InChI=1S/C12H11N5O2/c1-7-2-3-8(13)9(6-7)19-11-5-4-10-14-15-12(18)17(10)16-11/h2-6H,13H2,1H3,(H,15,18). The van der Waals surface area contributed by atoms with Gasteiger partial charge >= 0.3 is 5.69 Å². The van der Waals surface area contributed by atoms with Crippen LogP contribution < -0.4 is 16.2 Å². The summed E-state index contributed by atoms with van der Waals surface area (Å²) in [6, 6.07) is 8.70. The molecule has 0 bridgehead atoms. The quantitative estimate of drug-likeness (QED) is 0.670. The lowest BCUT2D eigenvalue weighted by Crippen LogP contribution is -2.12. The summed E-state index contributed by atoms with van der Waals surface area (Å²) in [6.45, 7) is 1.93. The second-order valence-corrected chi connectivity index (χ2v) is 4.11. The molecule has 96 valence electrons. The Morgan fingerprint density at radius 1 is 1.32 bits per heavy atom. The molecule has 3 rings (SSSR count). The van der Waals surface area contributed by atoms with Crippen molar-refractivity contribution in [1.29, 1.82) is 0 Å². The monoisotopic (exact) mass is 257 g/mol. The molecule has 2 heterocycles. The minimum atomic E-state index is -0.419. The van der Waals surface area contributed by atoms with Crippen LogP contribution in [0, 0.1) is 6.92 Å². The van der Waals surface area contributed by atoms with Crippen molar-refractivity contribution in [2.24, 2.45) is 0 Å². The maximum absolute atomic E-state index is 11.4. The van der Waals surface area contributed by atoms with Crippen LogP contribution >= 0.6 is 0 Å². The molecule has 0 spiro atoms. The maximum Gasteiger partial charge on any atom is 0.364 e. The highest BCUT2D eigenvalue weighted by atomic mass is 16.5. The number of rotatable bonds is 2. The highest BCUT2D eigenvalue weighted by Gasteiger charge is 2.07. The molecule has 0 amide bonds. The van der Waals surface area contributed by atoms with Crippen molar-refractivity contribution in [3.8, 4) is 11.6 Å². The Hall–Kier alpha value is -2.83. The summed E-state index contributed by atoms with van der Waals surface area (Å²) >= 11 is 0. The van der Waals surface area contributed by atoms with Gasteiger partial charge in [-0.2, -0.15) is 9.61 Å². The number of aromatic nitrogens is 4. The van der Waals surface area contributed by atoms with Crippen molar-refractivity contribution in [3.05, 3.63) is 46.4 Å². The van der Waals surface area contributed by atoms with Gasteiger partial charge in [0.15, 0.2) is 11.4 Å². The summed E-state index contributed by atoms with van der Waals surface area (Å²) < 4.78 is 6.71. The van der Waals surface area contributed by atoms with Crippen LogP contribution in [0.2, 0.25) is 0 Å².